The average molecular weight is 309 g/mol. The highest BCUT2D eigenvalue weighted by Crippen LogP contribution is 2.35. The molecule has 0 saturated heterocycles. The molecule has 22 heavy (non-hydrogen) atoms. The molecule has 2 N–H and O–H groups in total. The van der Waals surface area contributed by atoms with E-state index in [1.165, 1.54) is 7.11 Å². The van der Waals surface area contributed by atoms with Crippen LogP contribution in [-0.2, 0) is 9.53 Å². The fourth-order valence-electron chi connectivity index (χ4n) is 2.46. The molecule has 0 heterocycles. The summed E-state index contributed by atoms with van der Waals surface area (Å²) in [5.74, 6) is 1.31. The van der Waals surface area contributed by atoms with E-state index in [4.69, 9.17) is 19.9 Å². The zero-order valence-electron chi connectivity index (χ0n) is 13.9. The fraction of sp³-hybridized carbons (Fsp3) is 0.588. The topological polar surface area (TPSA) is 70.8 Å². The van der Waals surface area contributed by atoms with Crippen molar-refractivity contribution >= 4 is 5.97 Å². The summed E-state index contributed by atoms with van der Waals surface area (Å²) in [6.45, 7) is 7.13. The summed E-state index contributed by atoms with van der Waals surface area (Å²) >= 11 is 0. The normalized spacial score (nSPS) is 13.3. The summed E-state index contributed by atoms with van der Waals surface area (Å²) < 4.78 is 16.0. The van der Waals surface area contributed by atoms with Crippen LogP contribution < -0.4 is 15.2 Å². The van der Waals surface area contributed by atoms with Crippen LogP contribution >= 0.6 is 0 Å². The van der Waals surface area contributed by atoms with Gasteiger partial charge in [0.15, 0.2) is 0 Å². The monoisotopic (exact) mass is 309 g/mol. The standard InChI is InChI=1S/C17H27NO4/c1-5-12(10-15(18)17(19)20-4)14-9-8-13(21-6-2)11-16(14)22-7-3/h8-9,11-12,15H,5-7,10,18H2,1-4H3. The van der Waals surface area contributed by atoms with Gasteiger partial charge in [0.25, 0.3) is 0 Å². The molecule has 0 spiro atoms. The molecule has 5 heteroatoms. The molecule has 0 bridgehead atoms. The molecule has 0 aliphatic heterocycles. The van der Waals surface area contributed by atoms with E-state index in [9.17, 15) is 4.79 Å². The van der Waals surface area contributed by atoms with Crippen molar-refractivity contribution in [2.75, 3.05) is 20.3 Å². The molecule has 0 amide bonds. The first-order valence-electron chi connectivity index (χ1n) is 7.80. The van der Waals surface area contributed by atoms with Gasteiger partial charge in [-0.1, -0.05) is 13.0 Å². The summed E-state index contributed by atoms with van der Waals surface area (Å²) in [5, 5.41) is 0. The second kappa shape index (κ2) is 9.30. The van der Waals surface area contributed by atoms with Crippen molar-refractivity contribution in [2.24, 2.45) is 5.73 Å². The van der Waals surface area contributed by atoms with E-state index in [1.54, 1.807) is 0 Å². The quantitative estimate of drug-likeness (QED) is 0.710. The summed E-state index contributed by atoms with van der Waals surface area (Å²) in [6.07, 6.45) is 1.38. The molecule has 0 fully saturated rings. The second-order valence-corrected chi connectivity index (χ2v) is 5.04. The molecule has 124 valence electrons. The largest absolute Gasteiger partial charge is 0.494 e. The van der Waals surface area contributed by atoms with Crippen LogP contribution in [0.15, 0.2) is 18.2 Å². The van der Waals surface area contributed by atoms with Gasteiger partial charge in [-0.05, 0) is 44.2 Å². The van der Waals surface area contributed by atoms with Crippen LogP contribution in [0.5, 0.6) is 11.5 Å². The van der Waals surface area contributed by atoms with Gasteiger partial charge in [0.1, 0.15) is 17.5 Å². The highest BCUT2D eigenvalue weighted by Gasteiger charge is 2.23. The Balaban J connectivity index is 3.01. The van der Waals surface area contributed by atoms with Gasteiger partial charge in [-0.25, -0.2) is 0 Å². The third kappa shape index (κ3) is 4.91. The third-order valence-corrected chi connectivity index (χ3v) is 3.57. The molecular formula is C17H27NO4. The number of methoxy groups -OCH3 is 1. The Hall–Kier alpha value is -1.75. The summed E-state index contributed by atoms with van der Waals surface area (Å²) in [7, 11) is 1.35. The predicted molar refractivity (Wildman–Crippen MR) is 86.4 cm³/mol. The molecule has 1 aromatic rings. The van der Waals surface area contributed by atoms with Crippen molar-refractivity contribution in [1.82, 2.24) is 0 Å². The van der Waals surface area contributed by atoms with Crippen LogP contribution in [0.25, 0.3) is 0 Å². The van der Waals surface area contributed by atoms with Crippen LogP contribution in [0.2, 0.25) is 0 Å². The summed E-state index contributed by atoms with van der Waals surface area (Å²) in [5.41, 5.74) is 6.95. The van der Waals surface area contributed by atoms with E-state index in [-0.39, 0.29) is 11.9 Å². The van der Waals surface area contributed by atoms with E-state index in [0.29, 0.717) is 19.6 Å². The first kappa shape index (κ1) is 18.3. The van der Waals surface area contributed by atoms with Crippen molar-refractivity contribution < 1.29 is 19.0 Å². The Labute approximate surface area is 132 Å². The molecule has 1 aromatic carbocycles. The SMILES string of the molecule is CCOc1ccc(C(CC)CC(N)C(=O)OC)c(OCC)c1. The molecule has 1 rings (SSSR count). The van der Waals surface area contributed by atoms with E-state index in [2.05, 4.69) is 6.92 Å². The number of carbonyl (C=O) groups is 1. The van der Waals surface area contributed by atoms with Gasteiger partial charge in [0.2, 0.25) is 0 Å². The lowest BCUT2D eigenvalue weighted by atomic mass is 9.89. The maximum Gasteiger partial charge on any atom is 0.322 e. The number of hydrogen-bond acceptors (Lipinski definition) is 5. The van der Waals surface area contributed by atoms with Crippen LogP contribution in [0.4, 0.5) is 0 Å². The van der Waals surface area contributed by atoms with Gasteiger partial charge in [-0.15, -0.1) is 0 Å². The van der Waals surface area contributed by atoms with Crippen LogP contribution in [0, 0.1) is 0 Å². The summed E-state index contributed by atoms with van der Waals surface area (Å²) in [6, 6.07) is 5.19. The minimum absolute atomic E-state index is 0.131. The first-order valence-corrected chi connectivity index (χ1v) is 7.80. The van der Waals surface area contributed by atoms with Crippen molar-refractivity contribution in [3.05, 3.63) is 23.8 Å². The van der Waals surface area contributed by atoms with Gasteiger partial charge in [0, 0.05) is 6.07 Å². The Morgan fingerprint density at radius 1 is 1.18 bits per heavy atom. The first-order chi connectivity index (χ1) is 10.6. The van der Waals surface area contributed by atoms with Gasteiger partial charge < -0.3 is 19.9 Å². The number of hydrogen-bond donors (Lipinski definition) is 1. The minimum Gasteiger partial charge on any atom is -0.494 e. The predicted octanol–water partition coefficient (Wildman–Crippen LogP) is 2.87. The van der Waals surface area contributed by atoms with Crippen molar-refractivity contribution in [1.29, 1.82) is 0 Å². The van der Waals surface area contributed by atoms with E-state index in [1.807, 2.05) is 32.0 Å². The fourth-order valence-corrected chi connectivity index (χ4v) is 2.46. The third-order valence-electron chi connectivity index (χ3n) is 3.57. The lowest BCUT2D eigenvalue weighted by Gasteiger charge is -2.22. The van der Waals surface area contributed by atoms with Gasteiger partial charge in [0.05, 0.1) is 20.3 Å². The molecule has 2 unspecified atom stereocenters. The van der Waals surface area contributed by atoms with Crippen molar-refractivity contribution in [3.63, 3.8) is 0 Å². The molecule has 0 saturated carbocycles. The lowest BCUT2D eigenvalue weighted by Crippen LogP contribution is -2.33. The highest BCUT2D eigenvalue weighted by atomic mass is 16.5. The van der Waals surface area contributed by atoms with E-state index < -0.39 is 6.04 Å². The molecular weight excluding hydrogens is 282 g/mol. The lowest BCUT2D eigenvalue weighted by molar-refractivity contribution is -0.142. The molecule has 0 aliphatic carbocycles. The Morgan fingerprint density at radius 2 is 1.86 bits per heavy atom. The summed E-state index contributed by atoms with van der Waals surface area (Å²) in [4.78, 5) is 11.5. The van der Waals surface area contributed by atoms with E-state index in [0.717, 1.165) is 23.5 Å². The number of esters is 1. The van der Waals surface area contributed by atoms with Gasteiger partial charge in [-0.2, -0.15) is 0 Å². The molecule has 0 radical (unpaired) electrons. The molecule has 0 aliphatic rings. The van der Waals surface area contributed by atoms with Gasteiger partial charge in [-0.3, -0.25) is 4.79 Å². The Bertz CT molecular complexity index is 476. The number of benzene rings is 1. The molecule has 0 aromatic heterocycles. The average Bonchev–Trinajstić information content (AvgIpc) is 2.53. The minimum atomic E-state index is -0.629. The number of rotatable bonds is 9. The number of nitrogens with two attached hydrogens (primary N) is 1. The maximum absolute atomic E-state index is 11.5. The molecule has 5 nitrogen and oxygen atoms in total. The smallest absolute Gasteiger partial charge is 0.322 e. The number of ether oxygens (including phenoxy) is 3. The van der Waals surface area contributed by atoms with E-state index >= 15 is 0 Å². The molecule has 2 atom stereocenters. The van der Waals surface area contributed by atoms with Crippen LogP contribution in [-0.4, -0.2) is 32.3 Å². The second-order valence-electron chi connectivity index (χ2n) is 5.04. The maximum atomic E-state index is 11.5. The Kier molecular flexibility index (Phi) is 7.74. The van der Waals surface area contributed by atoms with Crippen LogP contribution in [0.1, 0.15) is 45.1 Å². The van der Waals surface area contributed by atoms with Gasteiger partial charge >= 0.3 is 5.97 Å². The Morgan fingerprint density at radius 3 is 2.41 bits per heavy atom. The van der Waals surface area contributed by atoms with Crippen LogP contribution in [0.3, 0.4) is 0 Å². The van der Waals surface area contributed by atoms with Crippen molar-refractivity contribution in [2.45, 2.75) is 45.6 Å². The zero-order valence-corrected chi connectivity index (χ0v) is 13.9. The zero-order chi connectivity index (χ0) is 16.5. The number of carbonyl (C=O) groups excluding carboxylic acids is 1. The van der Waals surface area contributed by atoms with Crippen molar-refractivity contribution in [3.8, 4) is 11.5 Å². The highest BCUT2D eigenvalue weighted by molar-refractivity contribution is 5.75.